The van der Waals surface area contributed by atoms with E-state index in [0.717, 1.165) is 12.0 Å². The molecule has 1 aromatic carbocycles. The normalized spacial score (nSPS) is 12.8. The fraction of sp³-hybridized carbons (Fsp3) is 0.455. The first-order chi connectivity index (χ1) is 6.27. The smallest absolute Gasteiger partial charge is 0.0914 e. The number of aryl methyl sites for hydroxylation is 1. The highest BCUT2D eigenvalue weighted by Crippen LogP contribution is 2.12. The van der Waals surface area contributed by atoms with E-state index in [4.69, 9.17) is 0 Å². The van der Waals surface area contributed by atoms with Crippen LogP contribution < -0.4 is 5.32 Å². The SMILES string of the molecule is CCc1ccc(C(O)CNC)cc1. The second kappa shape index (κ2) is 5.00. The molecule has 0 bridgehead atoms. The van der Waals surface area contributed by atoms with E-state index in [1.807, 2.05) is 19.2 Å². The third kappa shape index (κ3) is 2.83. The van der Waals surface area contributed by atoms with E-state index >= 15 is 0 Å². The summed E-state index contributed by atoms with van der Waals surface area (Å²) in [5, 5.41) is 12.6. The highest BCUT2D eigenvalue weighted by atomic mass is 16.3. The molecule has 2 heteroatoms. The Kier molecular flexibility index (Phi) is 3.93. The van der Waals surface area contributed by atoms with Crippen molar-refractivity contribution in [1.82, 2.24) is 5.32 Å². The summed E-state index contributed by atoms with van der Waals surface area (Å²) in [4.78, 5) is 0. The first kappa shape index (κ1) is 10.2. The minimum Gasteiger partial charge on any atom is -0.387 e. The largest absolute Gasteiger partial charge is 0.387 e. The minimum atomic E-state index is -0.393. The second-order valence-corrected chi connectivity index (χ2v) is 3.17. The fourth-order valence-corrected chi connectivity index (χ4v) is 1.29. The van der Waals surface area contributed by atoms with Gasteiger partial charge in [-0.15, -0.1) is 0 Å². The monoisotopic (exact) mass is 179 g/mol. The first-order valence-electron chi connectivity index (χ1n) is 4.69. The molecule has 0 aliphatic heterocycles. The van der Waals surface area contributed by atoms with Gasteiger partial charge in [0.05, 0.1) is 6.10 Å². The summed E-state index contributed by atoms with van der Waals surface area (Å²) in [7, 11) is 1.84. The topological polar surface area (TPSA) is 32.3 Å². The number of likely N-dealkylation sites (N-methyl/N-ethyl adjacent to an activating group) is 1. The number of hydrogen-bond donors (Lipinski definition) is 2. The van der Waals surface area contributed by atoms with E-state index in [1.54, 1.807) is 0 Å². The molecule has 72 valence electrons. The summed E-state index contributed by atoms with van der Waals surface area (Å²) in [5.74, 6) is 0. The number of benzene rings is 1. The third-order valence-electron chi connectivity index (χ3n) is 2.17. The Morgan fingerprint density at radius 3 is 2.38 bits per heavy atom. The van der Waals surface area contributed by atoms with Crippen LogP contribution in [0.3, 0.4) is 0 Å². The lowest BCUT2D eigenvalue weighted by Crippen LogP contribution is -2.16. The lowest BCUT2D eigenvalue weighted by Gasteiger charge is -2.10. The Morgan fingerprint density at radius 1 is 1.31 bits per heavy atom. The molecule has 0 radical (unpaired) electrons. The van der Waals surface area contributed by atoms with Crippen molar-refractivity contribution in [1.29, 1.82) is 0 Å². The van der Waals surface area contributed by atoms with Gasteiger partial charge < -0.3 is 10.4 Å². The van der Waals surface area contributed by atoms with E-state index in [-0.39, 0.29) is 0 Å². The van der Waals surface area contributed by atoms with E-state index in [0.29, 0.717) is 6.54 Å². The number of rotatable bonds is 4. The van der Waals surface area contributed by atoms with E-state index < -0.39 is 6.10 Å². The zero-order valence-electron chi connectivity index (χ0n) is 8.25. The molecule has 0 heterocycles. The Bertz CT molecular complexity index is 243. The molecule has 0 spiro atoms. The van der Waals surface area contributed by atoms with E-state index in [2.05, 4.69) is 24.4 Å². The maximum atomic E-state index is 9.62. The van der Waals surface area contributed by atoms with Crippen molar-refractivity contribution < 1.29 is 5.11 Å². The highest BCUT2D eigenvalue weighted by Gasteiger charge is 2.04. The number of aliphatic hydroxyl groups is 1. The molecule has 1 rings (SSSR count). The zero-order valence-corrected chi connectivity index (χ0v) is 8.25. The molecule has 0 saturated heterocycles. The fourth-order valence-electron chi connectivity index (χ4n) is 1.29. The average Bonchev–Trinajstić information content (AvgIpc) is 2.18. The molecule has 1 aromatic rings. The van der Waals surface area contributed by atoms with Crippen molar-refractivity contribution in [2.75, 3.05) is 13.6 Å². The van der Waals surface area contributed by atoms with Crippen LogP contribution >= 0.6 is 0 Å². The summed E-state index contributed by atoms with van der Waals surface area (Å²) >= 11 is 0. The molecule has 0 aromatic heterocycles. The molecular weight excluding hydrogens is 162 g/mol. The van der Waals surface area contributed by atoms with Crippen LogP contribution in [0, 0.1) is 0 Å². The summed E-state index contributed by atoms with van der Waals surface area (Å²) in [6.45, 7) is 2.73. The Hall–Kier alpha value is -0.860. The van der Waals surface area contributed by atoms with Gasteiger partial charge in [-0.2, -0.15) is 0 Å². The first-order valence-corrected chi connectivity index (χ1v) is 4.69. The van der Waals surface area contributed by atoms with Crippen LogP contribution in [-0.4, -0.2) is 18.7 Å². The summed E-state index contributed by atoms with van der Waals surface area (Å²) in [6, 6.07) is 8.10. The maximum absolute atomic E-state index is 9.62. The lowest BCUT2D eigenvalue weighted by atomic mass is 10.1. The van der Waals surface area contributed by atoms with Crippen LogP contribution in [0.25, 0.3) is 0 Å². The molecule has 1 atom stereocenters. The molecule has 2 N–H and O–H groups in total. The second-order valence-electron chi connectivity index (χ2n) is 3.17. The summed E-state index contributed by atoms with van der Waals surface area (Å²) < 4.78 is 0. The standard InChI is InChI=1S/C11H17NO/c1-3-9-4-6-10(7-5-9)11(13)8-12-2/h4-7,11-13H,3,8H2,1-2H3. The zero-order chi connectivity index (χ0) is 9.68. The van der Waals surface area contributed by atoms with Gasteiger partial charge in [0.1, 0.15) is 0 Å². The van der Waals surface area contributed by atoms with Gasteiger partial charge in [0.2, 0.25) is 0 Å². The number of nitrogens with one attached hydrogen (secondary N) is 1. The van der Waals surface area contributed by atoms with Crippen LogP contribution in [0.4, 0.5) is 0 Å². The Balaban J connectivity index is 2.67. The van der Waals surface area contributed by atoms with Gasteiger partial charge in [-0.05, 0) is 24.6 Å². The van der Waals surface area contributed by atoms with E-state index in [1.165, 1.54) is 5.56 Å². The number of aliphatic hydroxyl groups excluding tert-OH is 1. The predicted molar refractivity (Wildman–Crippen MR) is 54.7 cm³/mol. The molecule has 0 saturated carbocycles. The van der Waals surface area contributed by atoms with Crippen LogP contribution in [0.15, 0.2) is 24.3 Å². The van der Waals surface area contributed by atoms with Gasteiger partial charge in [-0.1, -0.05) is 31.2 Å². The molecule has 0 amide bonds. The minimum absolute atomic E-state index is 0.393. The van der Waals surface area contributed by atoms with Gasteiger partial charge in [0, 0.05) is 6.54 Å². The van der Waals surface area contributed by atoms with Crippen LogP contribution in [-0.2, 0) is 6.42 Å². The van der Waals surface area contributed by atoms with Crippen molar-refractivity contribution in [3.05, 3.63) is 35.4 Å². The molecule has 13 heavy (non-hydrogen) atoms. The summed E-state index contributed by atoms with van der Waals surface area (Å²) in [5.41, 5.74) is 2.28. The molecule has 0 fully saturated rings. The Morgan fingerprint density at radius 2 is 1.92 bits per heavy atom. The highest BCUT2D eigenvalue weighted by molar-refractivity contribution is 5.24. The van der Waals surface area contributed by atoms with E-state index in [9.17, 15) is 5.11 Å². The van der Waals surface area contributed by atoms with Gasteiger partial charge >= 0.3 is 0 Å². The quantitative estimate of drug-likeness (QED) is 0.734. The van der Waals surface area contributed by atoms with Crippen molar-refractivity contribution in [2.24, 2.45) is 0 Å². The molecule has 0 aliphatic carbocycles. The lowest BCUT2D eigenvalue weighted by molar-refractivity contribution is 0.178. The van der Waals surface area contributed by atoms with Crippen molar-refractivity contribution in [2.45, 2.75) is 19.4 Å². The Labute approximate surface area is 79.6 Å². The van der Waals surface area contributed by atoms with Gasteiger partial charge in [-0.25, -0.2) is 0 Å². The van der Waals surface area contributed by atoms with Crippen LogP contribution in [0.5, 0.6) is 0 Å². The predicted octanol–water partition coefficient (Wildman–Crippen LogP) is 1.50. The van der Waals surface area contributed by atoms with Gasteiger partial charge in [-0.3, -0.25) is 0 Å². The van der Waals surface area contributed by atoms with Crippen LogP contribution in [0.1, 0.15) is 24.2 Å². The van der Waals surface area contributed by atoms with Gasteiger partial charge in [0.15, 0.2) is 0 Å². The number of hydrogen-bond acceptors (Lipinski definition) is 2. The van der Waals surface area contributed by atoms with Crippen molar-refractivity contribution in [3.8, 4) is 0 Å². The average molecular weight is 179 g/mol. The molecule has 0 aliphatic rings. The van der Waals surface area contributed by atoms with Crippen molar-refractivity contribution >= 4 is 0 Å². The van der Waals surface area contributed by atoms with Crippen LogP contribution in [0.2, 0.25) is 0 Å². The van der Waals surface area contributed by atoms with Gasteiger partial charge in [0.25, 0.3) is 0 Å². The molecule has 1 unspecified atom stereocenters. The molecular formula is C11H17NO. The maximum Gasteiger partial charge on any atom is 0.0914 e. The third-order valence-corrected chi connectivity index (χ3v) is 2.17. The molecule has 2 nitrogen and oxygen atoms in total. The van der Waals surface area contributed by atoms with Crippen molar-refractivity contribution in [3.63, 3.8) is 0 Å². The summed E-state index contributed by atoms with van der Waals surface area (Å²) in [6.07, 6.45) is 0.651.